The summed E-state index contributed by atoms with van der Waals surface area (Å²) in [6.07, 6.45) is 0. The van der Waals surface area contributed by atoms with Crippen molar-refractivity contribution >= 4 is 32.3 Å². The zero-order chi connectivity index (χ0) is 62.2. The number of hydrogen-bond acceptors (Lipinski definition) is 0. The largest absolute Gasteiger partial charge is 0.0619 e. The van der Waals surface area contributed by atoms with Gasteiger partial charge in [-0.2, -0.15) is 0 Å². The zero-order valence-electron chi connectivity index (χ0n) is 54.1. The minimum Gasteiger partial charge on any atom is -0.0619 e. The Labute approximate surface area is 540 Å². The molecule has 0 fully saturated rings. The summed E-state index contributed by atoms with van der Waals surface area (Å²) in [6, 6.07) is 93.3. The number of fused-ring (bicyclic) bond motifs is 20. The predicted octanol–water partition coefficient (Wildman–Crippen LogP) is 25.0. The summed E-state index contributed by atoms with van der Waals surface area (Å²) in [5, 5.41) is 8.01. The van der Waals surface area contributed by atoms with Crippen LogP contribution in [-0.2, 0) is 21.7 Å². The van der Waals surface area contributed by atoms with Crippen LogP contribution in [0.3, 0.4) is 0 Å². The molecular formula is C92H70. The average molecular weight is 1180 g/mol. The summed E-state index contributed by atoms with van der Waals surface area (Å²) in [4.78, 5) is 0. The first-order chi connectivity index (χ1) is 44.5. The first-order valence-electron chi connectivity index (χ1n) is 33.2. The summed E-state index contributed by atoms with van der Waals surface area (Å²) >= 11 is 0. The van der Waals surface area contributed by atoms with Gasteiger partial charge in [0.25, 0.3) is 0 Å². The van der Waals surface area contributed by atoms with Crippen LogP contribution in [0.25, 0.3) is 155 Å². The fraction of sp³-hybridized carbons (Fsp3) is 0.152. The molecule has 0 saturated heterocycles. The standard InChI is InChI=1S/C77H56.C15H14/c1-41-25-29-46-42(2)66-55-33-34-57-71-58(36-35-56(70(55)71)72(66)69(59(46)37-41)45-28-32-52-49-19-13-16-24-62(49)77(7,8)65(52)40-45)74-68(44-27-31-51-48-18-12-15-23-61(48)76(5,6)64(51)39-44)54-21-10-9-20-53(54)67(73(57)74)43-26-30-50-47-17-11-14-22-60(47)75(3,4)63(50)38-43;1-15(2)13-9-5-3-7-11(13)12-8-4-6-10-14(12)15/h9-40H,1-8H3;3-10H,1-2H3. The van der Waals surface area contributed by atoms with Crippen LogP contribution in [0.4, 0.5) is 0 Å². The van der Waals surface area contributed by atoms with Crippen molar-refractivity contribution < 1.29 is 0 Å². The highest BCUT2D eigenvalue weighted by Gasteiger charge is 2.42. The van der Waals surface area contributed by atoms with Crippen molar-refractivity contribution in [1.82, 2.24) is 0 Å². The quantitative estimate of drug-likeness (QED) is 0.165. The highest BCUT2D eigenvalue weighted by molar-refractivity contribution is 6.34. The van der Waals surface area contributed by atoms with E-state index in [1.54, 1.807) is 0 Å². The molecular weight excluding hydrogens is 1110 g/mol. The van der Waals surface area contributed by atoms with Crippen LogP contribution < -0.4 is 0 Å². The van der Waals surface area contributed by atoms with Gasteiger partial charge in [0.2, 0.25) is 0 Å². The van der Waals surface area contributed by atoms with E-state index in [9.17, 15) is 0 Å². The van der Waals surface area contributed by atoms with Crippen molar-refractivity contribution in [2.24, 2.45) is 0 Å². The maximum atomic E-state index is 2.56. The van der Waals surface area contributed by atoms with E-state index in [0.29, 0.717) is 0 Å². The van der Waals surface area contributed by atoms with Crippen molar-refractivity contribution in [2.45, 2.75) is 90.9 Å². The van der Waals surface area contributed by atoms with Gasteiger partial charge < -0.3 is 0 Å². The van der Waals surface area contributed by atoms with E-state index < -0.39 is 0 Å². The second-order valence-corrected chi connectivity index (χ2v) is 29.4. The molecule has 0 saturated carbocycles. The molecule has 6 aliphatic carbocycles. The highest BCUT2D eigenvalue weighted by atomic mass is 14.5. The summed E-state index contributed by atoms with van der Waals surface area (Å²) in [5.41, 5.74) is 43.3. The molecule has 0 aliphatic heterocycles. The molecule has 0 spiro atoms. The Hall–Kier alpha value is -10.1. The van der Waals surface area contributed by atoms with Gasteiger partial charge in [-0.3, -0.25) is 0 Å². The van der Waals surface area contributed by atoms with E-state index >= 15 is 0 Å². The molecule has 0 nitrogen and oxygen atoms in total. The molecule has 0 aromatic heterocycles. The Bertz CT molecular complexity index is 5500. The molecule has 14 aromatic rings. The van der Waals surface area contributed by atoms with Crippen molar-refractivity contribution in [3.63, 3.8) is 0 Å². The van der Waals surface area contributed by atoms with E-state index in [2.05, 4.69) is 312 Å². The van der Waals surface area contributed by atoms with Crippen molar-refractivity contribution in [1.29, 1.82) is 0 Å². The number of hydrogen-bond donors (Lipinski definition) is 0. The monoisotopic (exact) mass is 1170 g/mol. The number of rotatable bonds is 3. The summed E-state index contributed by atoms with van der Waals surface area (Å²) in [6.45, 7) is 23.7. The molecule has 92 heavy (non-hydrogen) atoms. The van der Waals surface area contributed by atoms with Crippen LogP contribution in [0, 0.1) is 13.8 Å². The molecule has 0 unspecified atom stereocenters. The smallest absolute Gasteiger partial charge is 0.0159 e. The van der Waals surface area contributed by atoms with Gasteiger partial charge >= 0.3 is 0 Å². The van der Waals surface area contributed by atoms with Crippen LogP contribution in [0.5, 0.6) is 0 Å². The highest BCUT2D eigenvalue weighted by Crippen LogP contribution is 2.65. The van der Waals surface area contributed by atoms with E-state index in [1.165, 1.54) is 210 Å². The van der Waals surface area contributed by atoms with Gasteiger partial charge in [-0.1, -0.05) is 285 Å². The lowest BCUT2D eigenvalue weighted by atomic mass is 9.78. The van der Waals surface area contributed by atoms with Gasteiger partial charge in [-0.25, -0.2) is 0 Å². The molecule has 0 amide bonds. The maximum Gasteiger partial charge on any atom is 0.0159 e. The van der Waals surface area contributed by atoms with Crippen molar-refractivity contribution in [3.8, 4) is 122 Å². The van der Waals surface area contributed by atoms with Gasteiger partial charge in [0.1, 0.15) is 0 Å². The molecule has 438 valence electrons. The minimum atomic E-state index is -0.136. The molecule has 0 bridgehead atoms. The van der Waals surface area contributed by atoms with Gasteiger partial charge in [-0.05, 0) is 237 Å². The van der Waals surface area contributed by atoms with Gasteiger partial charge in [-0.15, -0.1) is 0 Å². The lowest BCUT2D eigenvalue weighted by Gasteiger charge is -2.25. The Morgan fingerprint density at radius 2 is 0.467 bits per heavy atom. The minimum absolute atomic E-state index is 0.116. The molecule has 0 heterocycles. The second kappa shape index (κ2) is 18.3. The Kier molecular flexibility index (Phi) is 10.7. The van der Waals surface area contributed by atoms with Crippen LogP contribution in [0.1, 0.15) is 111 Å². The molecule has 0 N–H and O–H groups in total. The zero-order valence-corrected chi connectivity index (χ0v) is 54.1. The third kappa shape index (κ3) is 6.82. The number of benzene rings is 14. The van der Waals surface area contributed by atoms with Crippen molar-refractivity contribution in [3.05, 3.63) is 298 Å². The van der Waals surface area contributed by atoms with Gasteiger partial charge in [0, 0.05) is 21.7 Å². The Morgan fingerprint density at radius 3 is 0.826 bits per heavy atom. The van der Waals surface area contributed by atoms with Crippen LogP contribution in [0.15, 0.2) is 243 Å². The summed E-state index contributed by atoms with van der Waals surface area (Å²) < 4.78 is 0. The maximum absolute atomic E-state index is 2.56. The molecule has 14 aromatic carbocycles. The molecule has 0 atom stereocenters. The van der Waals surface area contributed by atoms with Gasteiger partial charge in [0.15, 0.2) is 0 Å². The first kappa shape index (κ1) is 53.7. The van der Waals surface area contributed by atoms with E-state index in [4.69, 9.17) is 0 Å². The summed E-state index contributed by atoms with van der Waals surface area (Å²) in [5.74, 6) is 0. The van der Waals surface area contributed by atoms with Crippen LogP contribution in [-0.4, -0.2) is 0 Å². The summed E-state index contributed by atoms with van der Waals surface area (Å²) in [7, 11) is 0. The predicted molar refractivity (Wildman–Crippen MR) is 390 cm³/mol. The number of aryl methyl sites for hydroxylation is 2. The second-order valence-electron chi connectivity index (χ2n) is 29.4. The third-order valence-electron chi connectivity index (χ3n) is 23.3. The van der Waals surface area contributed by atoms with E-state index in [0.717, 1.165) is 0 Å². The van der Waals surface area contributed by atoms with Gasteiger partial charge in [0.05, 0.1) is 0 Å². The average Bonchev–Trinajstić information content (AvgIpc) is 1.50. The molecule has 0 radical (unpaired) electrons. The van der Waals surface area contributed by atoms with Crippen LogP contribution >= 0.6 is 0 Å². The first-order valence-corrected chi connectivity index (χ1v) is 33.2. The van der Waals surface area contributed by atoms with Crippen molar-refractivity contribution in [2.75, 3.05) is 0 Å². The molecule has 0 heteroatoms. The normalized spacial score (nSPS) is 15.4. The Morgan fingerprint density at radius 1 is 0.196 bits per heavy atom. The fourth-order valence-corrected chi connectivity index (χ4v) is 18.8. The lowest BCUT2D eigenvalue weighted by Crippen LogP contribution is -2.15. The van der Waals surface area contributed by atoms with E-state index in [1.807, 2.05) is 0 Å². The van der Waals surface area contributed by atoms with Crippen LogP contribution in [0.2, 0.25) is 0 Å². The fourth-order valence-electron chi connectivity index (χ4n) is 18.8. The third-order valence-corrected chi connectivity index (χ3v) is 23.3. The van der Waals surface area contributed by atoms with E-state index in [-0.39, 0.29) is 21.7 Å². The topological polar surface area (TPSA) is 0 Å². The Balaban J connectivity index is 0.000000353. The lowest BCUT2D eigenvalue weighted by molar-refractivity contribution is 0.660. The SMILES string of the molecule is CC1(C)c2ccccc2-c2ccccc21.Cc1ccc2c(C)c3c(c(-c4ccc5c(c4)C(C)(C)c4ccccc4-5)c2c1)-c1ccc2c4c(ccc-3c14)-c1c-2c(-c2ccc3c(c2)C(C)(C)c2ccccc2-3)c2ccccc2c1-c1ccc2c(c1)C(C)(C)c1ccccc1-2. The molecule has 20 rings (SSSR count). The molecule has 6 aliphatic rings.